The number of amides is 1. The van der Waals surface area contributed by atoms with Gasteiger partial charge in [0.1, 0.15) is 5.60 Å². The Morgan fingerprint density at radius 3 is 2.53 bits per heavy atom. The molecule has 9 heteroatoms. The van der Waals surface area contributed by atoms with Crippen LogP contribution in [-0.4, -0.2) is 60.0 Å². The molecule has 1 aromatic heterocycles. The van der Waals surface area contributed by atoms with Crippen LogP contribution in [-0.2, 0) is 9.47 Å². The first kappa shape index (κ1) is 24.3. The molecule has 1 aliphatic heterocycles. The minimum absolute atomic E-state index is 0.188. The quantitative estimate of drug-likeness (QED) is 0.579. The third-order valence-electron chi connectivity index (χ3n) is 4.95. The Morgan fingerprint density at radius 1 is 1.16 bits per heavy atom. The lowest BCUT2D eigenvalue weighted by Crippen LogP contribution is -2.45. The molecule has 0 aliphatic carbocycles. The van der Waals surface area contributed by atoms with E-state index in [1.807, 2.05) is 26.8 Å². The van der Waals surface area contributed by atoms with Crippen molar-refractivity contribution in [1.82, 2.24) is 15.3 Å². The Balaban J connectivity index is 1.54. The van der Waals surface area contributed by atoms with Crippen LogP contribution in [0.1, 0.15) is 47.5 Å². The maximum atomic E-state index is 11.7. The molecule has 1 aliphatic rings. The van der Waals surface area contributed by atoms with Crippen molar-refractivity contribution in [2.45, 2.75) is 65.3 Å². The number of nitrogens with zero attached hydrogens (tertiary/aromatic N) is 3. The highest BCUT2D eigenvalue weighted by Gasteiger charge is 2.23. The fourth-order valence-corrected chi connectivity index (χ4v) is 3.88. The van der Waals surface area contributed by atoms with Gasteiger partial charge in [0.15, 0.2) is 11.0 Å². The molecule has 32 heavy (non-hydrogen) atoms. The zero-order valence-electron chi connectivity index (χ0n) is 19.6. The average Bonchev–Trinajstić information content (AvgIpc) is 2.68. The topological polar surface area (TPSA) is 88.6 Å². The van der Waals surface area contributed by atoms with Crippen molar-refractivity contribution in [3.8, 4) is 0 Å². The maximum Gasteiger partial charge on any atom is 0.407 e. The van der Waals surface area contributed by atoms with Crippen LogP contribution < -0.4 is 15.5 Å². The zero-order valence-corrected chi connectivity index (χ0v) is 20.3. The summed E-state index contributed by atoms with van der Waals surface area (Å²) >= 11 is 6.34. The van der Waals surface area contributed by atoms with E-state index in [0.717, 1.165) is 42.7 Å². The largest absolute Gasteiger partial charge is 0.444 e. The van der Waals surface area contributed by atoms with Crippen LogP contribution in [0.2, 0.25) is 5.15 Å². The minimum Gasteiger partial charge on any atom is -0.444 e. The molecule has 3 rings (SSSR count). The van der Waals surface area contributed by atoms with Crippen molar-refractivity contribution in [2.75, 3.05) is 36.4 Å². The van der Waals surface area contributed by atoms with Crippen molar-refractivity contribution < 1.29 is 14.3 Å². The Kier molecular flexibility index (Phi) is 8.00. The van der Waals surface area contributed by atoms with E-state index in [2.05, 4.69) is 46.5 Å². The lowest BCUT2D eigenvalue weighted by molar-refractivity contribution is -0.00521. The van der Waals surface area contributed by atoms with Crippen LogP contribution in [0.3, 0.4) is 0 Å². The van der Waals surface area contributed by atoms with E-state index in [9.17, 15) is 4.79 Å². The van der Waals surface area contributed by atoms with Gasteiger partial charge in [-0.15, -0.1) is 0 Å². The number of aromatic nitrogens is 2. The van der Waals surface area contributed by atoms with Crippen molar-refractivity contribution in [3.63, 3.8) is 0 Å². The van der Waals surface area contributed by atoms with Crippen LogP contribution in [0.4, 0.5) is 16.3 Å². The molecular weight excluding hydrogens is 430 g/mol. The summed E-state index contributed by atoms with van der Waals surface area (Å²) in [5.74, 6) is 0.570. The van der Waals surface area contributed by atoms with Gasteiger partial charge in [0.05, 0.1) is 23.2 Å². The molecule has 8 nitrogen and oxygen atoms in total. The number of fused-ring (bicyclic) bond motifs is 1. The molecule has 2 unspecified atom stereocenters. The van der Waals surface area contributed by atoms with Gasteiger partial charge in [0.25, 0.3) is 0 Å². The molecule has 0 bridgehead atoms. The van der Waals surface area contributed by atoms with Gasteiger partial charge in [0, 0.05) is 31.9 Å². The van der Waals surface area contributed by atoms with E-state index < -0.39 is 11.7 Å². The Morgan fingerprint density at radius 2 is 1.84 bits per heavy atom. The number of benzene rings is 1. The van der Waals surface area contributed by atoms with E-state index in [1.54, 1.807) is 0 Å². The summed E-state index contributed by atoms with van der Waals surface area (Å²) in [6, 6.07) is 6.07. The summed E-state index contributed by atoms with van der Waals surface area (Å²) in [5, 5.41) is 6.37. The number of halogens is 1. The lowest BCUT2D eigenvalue weighted by Gasteiger charge is -2.36. The number of anilines is 2. The highest BCUT2D eigenvalue weighted by Crippen LogP contribution is 2.27. The SMILES string of the molecule is CC1CN(c2ccc3nc(Cl)c(NCCCCNC(=O)OC(C)(C)C)nc3c2)CC(C)O1. The first-order valence-electron chi connectivity index (χ1n) is 11.2. The van der Waals surface area contributed by atoms with Gasteiger partial charge in [0.2, 0.25) is 0 Å². The molecule has 176 valence electrons. The van der Waals surface area contributed by atoms with E-state index in [0.29, 0.717) is 24.1 Å². The van der Waals surface area contributed by atoms with Crippen molar-refractivity contribution in [1.29, 1.82) is 0 Å². The monoisotopic (exact) mass is 463 g/mol. The van der Waals surface area contributed by atoms with E-state index in [4.69, 9.17) is 26.1 Å². The molecule has 1 fully saturated rings. The Labute approximate surface area is 195 Å². The molecular formula is C23H34ClN5O3. The number of morpholine rings is 1. The second kappa shape index (κ2) is 10.5. The first-order chi connectivity index (χ1) is 15.1. The lowest BCUT2D eigenvalue weighted by atomic mass is 10.2. The summed E-state index contributed by atoms with van der Waals surface area (Å²) in [5.41, 5.74) is 2.18. The molecule has 1 aromatic carbocycles. The number of nitrogens with one attached hydrogen (secondary N) is 2. The van der Waals surface area contributed by atoms with Gasteiger partial charge in [-0.05, 0) is 65.7 Å². The van der Waals surface area contributed by atoms with Crippen molar-refractivity contribution in [3.05, 3.63) is 23.4 Å². The standard InChI is InChI=1S/C23H34ClN5O3/c1-15-13-29(14-16(2)31-15)17-8-9-18-19(12-17)28-21(20(24)27-18)25-10-6-7-11-26-22(30)32-23(3,4)5/h8-9,12,15-16H,6-7,10-11,13-14H2,1-5H3,(H,25,28)(H,26,30). The van der Waals surface area contributed by atoms with Crippen molar-refractivity contribution in [2.24, 2.45) is 0 Å². The molecule has 2 N–H and O–H groups in total. The molecule has 1 amide bonds. The molecule has 0 saturated carbocycles. The van der Waals surface area contributed by atoms with Gasteiger partial charge >= 0.3 is 6.09 Å². The third kappa shape index (κ3) is 7.10. The van der Waals surface area contributed by atoms with Gasteiger partial charge in [-0.25, -0.2) is 14.8 Å². The Hall–Kier alpha value is -2.32. The fourth-order valence-electron chi connectivity index (χ4n) is 3.68. The highest BCUT2D eigenvalue weighted by atomic mass is 35.5. The van der Waals surface area contributed by atoms with Crippen molar-refractivity contribution >= 4 is 40.2 Å². The predicted octanol–water partition coefficient (Wildman–Crippen LogP) is 4.61. The molecule has 2 aromatic rings. The number of ether oxygens (including phenoxy) is 2. The van der Waals surface area contributed by atoms with E-state index in [1.165, 1.54) is 0 Å². The highest BCUT2D eigenvalue weighted by molar-refractivity contribution is 6.32. The number of hydrogen-bond donors (Lipinski definition) is 2. The molecule has 0 radical (unpaired) electrons. The normalized spacial score (nSPS) is 19.1. The Bertz CT molecular complexity index is 924. The van der Waals surface area contributed by atoms with Crippen LogP contribution in [0.5, 0.6) is 0 Å². The summed E-state index contributed by atoms with van der Waals surface area (Å²) in [6.45, 7) is 12.6. The van der Waals surface area contributed by atoms with Gasteiger partial charge in [-0.1, -0.05) is 11.6 Å². The molecule has 1 saturated heterocycles. The minimum atomic E-state index is -0.491. The summed E-state index contributed by atoms with van der Waals surface area (Å²) < 4.78 is 11.1. The van der Waals surface area contributed by atoms with Crippen LogP contribution in [0.15, 0.2) is 18.2 Å². The van der Waals surface area contributed by atoms with E-state index >= 15 is 0 Å². The predicted molar refractivity (Wildman–Crippen MR) is 129 cm³/mol. The van der Waals surface area contributed by atoms with Crippen LogP contribution in [0, 0.1) is 0 Å². The van der Waals surface area contributed by atoms with Gasteiger partial charge in [-0.3, -0.25) is 0 Å². The third-order valence-corrected chi connectivity index (χ3v) is 5.22. The fraction of sp³-hybridized carbons (Fsp3) is 0.609. The number of alkyl carbamates (subject to hydrolysis) is 1. The number of rotatable bonds is 7. The second-order valence-electron chi connectivity index (χ2n) is 9.26. The number of unbranched alkanes of at least 4 members (excludes halogenated alkanes) is 1. The molecule has 2 heterocycles. The smallest absolute Gasteiger partial charge is 0.407 e. The summed E-state index contributed by atoms with van der Waals surface area (Å²) in [4.78, 5) is 23.2. The first-order valence-corrected chi connectivity index (χ1v) is 11.6. The van der Waals surface area contributed by atoms with Gasteiger partial charge < -0.3 is 25.0 Å². The number of carbonyl (C=O) groups excluding carboxylic acids is 1. The van der Waals surface area contributed by atoms with Crippen LogP contribution in [0.25, 0.3) is 11.0 Å². The van der Waals surface area contributed by atoms with Crippen LogP contribution >= 0.6 is 11.6 Å². The maximum absolute atomic E-state index is 11.7. The number of hydrogen-bond acceptors (Lipinski definition) is 7. The van der Waals surface area contributed by atoms with Gasteiger partial charge in [-0.2, -0.15) is 0 Å². The number of carbonyl (C=O) groups is 1. The molecule has 2 atom stereocenters. The summed E-state index contributed by atoms with van der Waals surface area (Å²) in [7, 11) is 0. The second-order valence-corrected chi connectivity index (χ2v) is 9.62. The van der Waals surface area contributed by atoms with E-state index in [-0.39, 0.29) is 12.2 Å². The zero-order chi connectivity index (χ0) is 23.3. The molecule has 0 spiro atoms. The average molecular weight is 464 g/mol. The summed E-state index contributed by atoms with van der Waals surface area (Å²) in [6.07, 6.45) is 1.63.